The molecular formula is C12H26IN3O2. The second-order valence-corrected chi connectivity index (χ2v) is 4.19. The van der Waals surface area contributed by atoms with Crippen molar-refractivity contribution in [3.05, 3.63) is 0 Å². The maximum Gasteiger partial charge on any atom is 0.190 e. The molecule has 2 N–H and O–H groups in total. The van der Waals surface area contributed by atoms with Crippen molar-refractivity contribution in [1.29, 1.82) is 0 Å². The molecule has 1 saturated heterocycles. The molecule has 1 rings (SSSR count). The molecule has 0 spiro atoms. The van der Waals surface area contributed by atoms with E-state index in [1.807, 2.05) is 0 Å². The van der Waals surface area contributed by atoms with Crippen LogP contribution in [-0.2, 0) is 9.47 Å². The van der Waals surface area contributed by atoms with Gasteiger partial charge in [0.1, 0.15) is 0 Å². The minimum absolute atomic E-state index is 0. The Hall–Kier alpha value is -0.0800. The van der Waals surface area contributed by atoms with Crippen LogP contribution >= 0.6 is 24.0 Å². The number of hydrogen-bond acceptors (Lipinski definition) is 3. The predicted molar refractivity (Wildman–Crippen MR) is 84.8 cm³/mol. The Bertz CT molecular complexity index is 221. The first-order valence-corrected chi connectivity index (χ1v) is 6.46. The fourth-order valence-electron chi connectivity index (χ4n) is 1.73. The van der Waals surface area contributed by atoms with Crippen molar-refractivity contribution in [2.45, 2.75) is 19.8 Å². The van der Waals surface area contributed by atoms with Crippen LogP contribution in [-0.4, -0.2) is 52.5 Å². The van der Waals surface area contributed by atoms with Crippen LogP contribution in [0.2, 0.25) is 0 Å². The molecule has 0 aromatic rings. The molecule has 0 aromatic heterocycles. The van der Waals surface area contributed by atoms with Crippen LogP contribution in [0.1, 0.15) is 19.8 Å². The lowest BCUT2D eigenvalue weighted by Crippen LogP contribution is -2.37. The SMILES string of the molecule is CCNC(=NC)NCCCOCC1CCOC1.I. The van der Waals surface area contributed by atoms with Gasteiger partial charge in [-0.05, 0) is 19.8 Å². The van der Waals surface area contributed by atoms with Crippen molar-refractivity contribution in [1.82, 2.24) is 10.6 Å². The highest BCUT2D eigenvalue weighted by atomic mass is 127. The van der Waals surface area contributed by atoms with E-state index >= 15 is 0 Å². The van der Waals surface area contributed by atoms with Gasteiger partial charge < -0.3 is 20.1 Å². The zero-order valence-electron chi connectivity index (χ0n) is 11.4. The first kappa shape index (κ1) is 17.9. The lowest BCUT2D eigenvalue weighted by molar-refractivity contribution is 0.0888. The first-order chi connectivity index (χ1) is 8.36. The molecule has 0 amide bonds. The first-order valence-electron chi connectivity index (χ1n) is 6.46. The lowest BCUT2D eigenvalue weighted by Gasteiger charge is -2.11. The van der Waals surface area contributed by atoms with E-state index < -0.39 is 0 Å². The Morgan fingerprint density at radius 3 is 2.89 bits per heavy atom. The van der Waals surface area contributed by atoms with Gasteiger partial charge in [0, 0.05) is 39.3 Å². The van der Waals surface area contributed by atoms with Crippen LogP contribution in [0.25, 0.3) is 0 Å². The summed E-state index contributed by atoms with van der Waals surface area (Å²) >= 11 is 0. The van der Waals surface area contributed by atoms with Crippen molar-refractivity contribution in [3.63, 3.8) is 0 Å². The minimum atomic E-state index is 0. The fourth-order valence-corrected chi connectivity index (χ4v) is 1.73. The largest absolute Gasteiger partial charge is 0.381 e. The lowest BCUT2D eigenvalue weighted by atomic mass is 10.1. The molecule has 18 heavy (non-hydrogen) atoms. The van der Waals surface area contributed by atoms with Crippen LogP contribution in [0.3, 0.4) is 0 Å². The average molecular weight is 371 g/mol. The summed E-state index contributed by atoms with van der Waals surface area (Å²) in [6, 6.07) is 0. The van der Waals surface area contributed by atoms with Gasteiger partial charge in [-0.2, -0.15) is 0 Å². The molecule has 6 heteroatoms. The van der Waals surface area contributed by atoms with Crippen LogP contribution in [0, 0.1) is 5.92 Å². The quantitative estimate of drug-likeness (QED) is 0.306. The highest BCUT2D eigenvalue weighted by molar-refractivity contribution is 14.0. The predicted octanol–water partition coefficient (Wildman–Crippen LogP) is 1.23. The number of aliphatic imine (C=N–C) groups is 1. The Morgan fingerprint density at radius 1 is 1.44 bits per heavy atom. The summed E-state index contributed by atoms with van der Waals surface area (Å²) in [4.78, 5) is 4.10. The highest BCUT2D eigenvalue weighted by Gasteiger charge is 2.14. The fraction of sp³-hybridized carbons (Fsp3) is 0.917. The monoisotopic (exact) mass is 371 g/mol. The molecule has 1 aliphatic heterocycles. The number of nitrogens with zero attached hydrogens (tertiary/aromatic N) is 1. The van der Waals surface area contributed by atoms with Crippen LogP contribution < -0.4 is 10.6 Å². The van der Waals surface area contributed by atoms with E-state index in [2.05, 4.69) is 22.5 Å². The summed E-state index contributed by atoms with van der Waals surface area (Å²) in [5, 5.41) is 6.38. The van der Waals surface area contributed by atoms with Crippen LogP contribution in [0.4, 0.5) is 0 Å². The maximum atomic E-state index is 5.61. The van der Waals surface area contributed by atoms with Gasteiger partial charge in [-0.3, -0.25) is 4.99 Å². The van der Waals surface area contributed by atoms with E-state index in [1.165, 1.54) is 0 Å². The van der Waals surface area contributed by atoms with Gasteiger partial charge >= 0.3 is 0 Å². The Balaban J connectivity index is 0.00000289. The molecule has 5 nitrogen and oxygen atoms in total. The van der Waals surface area contributed by atoms with Crippen molar-refractivity contribution < 1.29 is 9.47 Å². The Labute approximate surface area is 127 Å². The van der Waals surface area contributed by atoms with Crippen molar-refractivity contribution in [2.75, 3.05) is 46.6 Å². The maximum absolute atomic E-state index is 5.61. The van der Waals surface area contributed by atoms with E-state index in [1.54, 1.807) is 7.05 Å². The topological polar surface area (TPSA) is 54.9 Å². The zero-order valence-corrected chi connectivity index (χ0v) is 13.7. The van der Waals surface area contributed by atoms with Gasteiger partial charge in [0.25, 0.3) is 0 Å². The third kappa shape index (κ3) is 8.10. The molecule has 1 aliphatic rings. The molecule has 1 heterocycles. The molecule has 0 aliphatic carbocycles. The van der Waals surface area contributed by atoms with Crippen molar-refractivity contribution >= 4 is 29.9 Å². The average Bonchev–Trinajstić information content (AvgIpc) is 2.85. The second-order valence-electron chi connectivity index (χ2n) is 4.19. The molecule has 1 unspecified atom stereocenters. The number of rotatable bonds is 7. The van der Waals surface area contributed by atoms with Gasteiger partial charge in [-0.1, -0.05) is 0 Å². The number of halogens is 1. The Kier molecular flexibility index (Phi) is 11.9. The summed E-state index contributed by atoms with van der Waals surface area (Å²) in [7, 11) is 1.78. The number of nitrogens with one attached hydrogen (secondary N) is 2. The molecule has 0 bridgehead atoms. The normalized spacial score (nSPS) is 19.4. The van der Waals surface area contributed by atoms with Crippen molar-refractivity contribution in [2.24, 2.45) is 10.9 Å². The van der Waals surface area contributed by atoms with E-state index in [4.69, 9.17) is 9.47 Å². The van der Waals surface area contributed by atoms with Crippen molar-refractivity contribution in [3.8, 4) is 0 Å². The zero-order chi connectivity index (χ0) is 12.3. The van der Waals surface area contributed by atoms with E-state index in [-0.39, 0.29) is 24.0 Å². The molecule has 0 saturated carbocycles. The summed E-state index contributed by atoms with van der Waals surface area (Å²) in [6.45, 7) is 7.23. The smallest absolute Gasteiger partial charge is 0.190 e. The molecule has 108 valence electrons. The summed E-state index contributed by atoms with van der Waals surface area (Å²) in [5.41, 5.74) is 0. The minimum Gasteiger partial charge on any atom is -0.381 e. The third-order valence-electron chi connectivity index (χ3n) is 2.70. The van der Waals surface area contributed by atoms with Gasteiger partial charge in [-0.15, -0.1) is 24.0 Å². The summed E-state index contributed by atoms with van der Waals surface area (Å²) in [6.07, 6.45) is 2.14. The van der Waals surface area contributed by atoms with E-state index in [9.17, 15) is 0 Å². The van der Waals surface area contributed by atoms with Gasteiger partial charge in [-0.25, -0.2) is 0 Å². The van der Waals surface area contributed by atoms with Gasteiger partial charge in [0.2, 0.25) is 0 Å². The molecule has 0 radical (unpaired) electrons. The Morgan fingerprint density at radius 2 is 2.28 bits per heavy atom. The number of guanidine groups is 1. The second kappa shape index (κ2) is 12.0. The van der Waals surface area contributed by atoms with E-state index in [0.29, 0.717) is 5.92 Å². The number of ether oxygens (including phenoxy) is 2. The van der Waals surface area contributed by atoms with Gasteiger partial charge in [0.05, 0.1) is 13.2 Å². The summed E-state index contributed by atoms with van der Waals surface area (Å²) < 4.78 is 10.9. The number of hydrogen-bond donors (Lipinski definition) is 2. The summed E-state index contributed by atoms with van der Waals surface area (Å²) in [5.74, 6) is 1.47. The standard InChI is InChI=1S/C12H25N3O2.HI/c1-3-14-12(13-2)15-6-4-7-16-9-11-5-8-17-10-11;/h11H,3-10H2,1-2H3,(H2,13,14,15);1H. The third-order valence-corrected chi connectivity index (χ3v) is 2.70. The van der Waals surface area contributed by atoms with Crippen LogP contribution in [0.5, 0.6) is 0 Å². The molecule has 1 atom stereocenters. The molecule has 1 fully saturated rings. The highest BCUT2D eigenvalue weighted by Crippen LogP contribution is 2.12. The molecule has 0 aromatic carbocycles. The molecular weight excluding hydrogens is 345 g/mol. The van der Waals surface area contributed by atoms with E-state index in [0.717, 1.165) is 58.3 Å². The van der Waals surface area contributed by atoms with Crippen LogP contribution in [0.15, 0.2) is 4.99 Å². The van der Waals surface area contributed by atoms with Gasteiger partial charge in [0.15, 0.2) is 5.96 Å².